The lowest BCUT2D eigenvalue weighted by atomic mass is 10.1. The van der Waals surface area contributed by atoms with E-state index >= 15 is 0 Å². The molecule has 1 fully saturated rings. The number of carboxylic acids is 1. The van der Waals surface area contributed by atoms with Crippen LogP contribution in [0.25, 0.3) is 0 Å². The van der Waals surface area contributed by atoms with Gasteiger partial charge in [0.2, 0.25) is 0 Å². The molecule has 104 valence electrons. The Bertz CT molecular complexity index is 606. The molecule has 7 heteroatoms. The van der Waals surface area contributed by atoms with Gasteiger partial charge in [-0.05, 0) is 41.8 Å². The molecule has 0 aliphatic heterocycles. The molecular formula is C13H15N5O2. The molecule has 2 aromatic heterocycles. The van der Waals surface area contributed by atoms with Gasteiger partial charge in [-0.15, -0.1) is 5.10 Å². The highest BCUT2D eigenvalue weighted by Crippen LogP contribution is 2.47. The minimum Gasteiger partial charge on any atom is -0.481 e. The van der Waals surface area contributed by atoms with Crippen molar-refractivity contribution in [2.24, 2.45) is 5.41 Å². The van der Waals surface area contributed by atoms with Crippen LogP contribution in [0.5, 0.6) is 0 Å². The predicted molar refractivity (Wildman–Crippen MR) is 68.8 cm³/mol. The molecule has 1 N–H and O–H groups in total. The molecule has 0 spiro atoms. The van der Waals surface area contributed by atoms with Crippen molar-refractivity contribution in [3.8, 4) is 0 Å². The van der Waals surface area contributed by atoms with Crippen LogP contribution in [-0.4, -0.2) is 36.3 Å². The van der Waals surface area contributed by atoms with Crippen LogP contribution >= 0.6 is 0 Å². The molecular weight excluding hydrogens is 258 g/mol. The van der Waals surface area contributed by atoms with E-state index in [9.17, 15) is 9.90 Å². The Balaban J connectivity index is 1.67. The van der Waals surface area contributed by atoms with Gasteiger partial charge in [0.1, 0.15) is 0 Å². The number of carboxylic acid groups (broad SMARTS) is 1. The van der Waals surface area contributed by atoms with Crippen molar-refractivity contribution in [3.63, 3.8) is 0 Å². The number of rotatable bonds is 6. The van der Waals surface area contributed by atoms with Crippen LogP contribution in [0, 0.1) is 5.41 Å². The van der Waals surface area contributed by atoms with Crippen molar-refractivity contribution in [2.75, 3.05) is 0 Å². The summed E-state index contributed by atoms with van der Waals surface area (Å²) in [5, 5.41) is 20.8. The second-order valence-corrected chi connectivity index (χ2v) is 5.16. The Morgan fingerprint density at radius 1 is 1.35 bits per heavy atom. The van der Waals surface area contributed by atoms with Crippen LogP contribution in [0.1, 0.15) is 24.4 Å². The Hall–Kier alpha value is -2.31. The highest BCUT2D eigenvalue weighted by atomic mass is 16.4. The molecule has 0 aromatic carbocycles. The summed E-state index contributed by atoms with van der Waals surface area (Å²) in [7, 11) is 0. The first-order valence-corrected chi connectivity index (χ1v) is 6.58. The van der Waals surface area contributed by atoms with E-state index in [1.165, 1.54) is 0 Å². The average Bonchev–Trinajstić information content (AvgIpc) is 3.11. The van der Waals surface area contributed by atoms with E-state index in [-0.39, 0.29) is 0 Å². The van der Waals surface area contributed by atoms with E-state index in [4.69, 9.17) is 0 Å². The third kappa shape index (κ3) is 2.52. The van der Waals surface area contributed by atoms with Gasteiger partial charge in [-0.2, -0.15) is 0 Å². The lowest BCUT2D eigenvalue weighted by molar-refractivity contribution is -0.144. The minimum absolute atomic E-state index is 0.354. The van der Waals surface area contributed by atoms with Crippen LogP contribution in [0.15, 0.2) is 24.4 Å². The zero-order valence-electron chi connectivity index (χ0n) is 10.9. The van der Waals surface area contributed by atoms with Crippen molar-refractivity contribution >= 4 is 5.97 Å². The molecule has 0 amide bonds. The molecule has 0 saturated heterocycles. The fourth-order valence-corrected chi connectivity index (χ4v) is 2.19. The average molecular weight is 273 g/mol. The summed E-state index contributed by atoms with van der Waals surface area (Å²) >= 11 is 0. The van der Waals surface area contributed by atoms with E-state index < -0.39 is 11.4 Å². The van der Waals surface area contributed by atoms with Gasteiger partial charge in [0.25, 0.3) is 0 Å². The lowest BCUT2D eigenvalue weighted by Gasteiger charge is -2.10. The summed E-state index contributed by atoms with van der Waals surface area (Å²) in [5.41, 5.74) is 0.316. The first-order chi connectivity index (χ1) is 9.70. The van der Waals surface area contributed by atoms with Crippen LogP contribution in [0.2, 0.25) is 0 Å². The highest BCUT2D eigenvalue weighted by molar-refractivity contribution is 5.77. The number of pyridine rings is 1. The Morgan fingerprint density at radius 2 is 2.20 bits per heavy atom. The van der Waals surface area contributed by atoms with Crippen LogP contribution in [0.3, 0.4) is 0 Å². The van der Waals surface area contributed by atoms with E-state index in [1.54, 1.807) is 10.9 Å². The summed E-state index contributed by atoms with van der Waals surface area (Å²) < 4.78 is 1.62. The summed E-state index contributed by atoms with van der Waals surface area (Å²) in [6, 6.07) is 5.76. The van der Waals surface area contributed by atoms with Gasteiger partial charge < -0.3 is 5.11 Å². The van der Waals surface area contributed by atoms with Gasteiger partial charge in [0.15, 0.2) is 5.82 Å². The maximum absolute atomic E-state index is 11.2. The standard InChI is InChI=1S/C13H15N5O2/c19-12(20)13(6-7-13)9-18-11(15-16-17-18)5-4-10-3-1-2-8-14-10/h1-3,8H,4-7,9H2,(H,19,20). The molecule has 1 aliphatic carbocycles. The molecule has 0 atom stereocenters. The van der Waals surface area contributed by atoms with Gasteiger partial charge in [0, 0.05) is 18.3 Å². The Kier molecular flexibility index (Phi) is 3.17. The van der Waals surface area contributed by atoms with Crippen LogP contribution < -0.4 is 0 Å². The van der Waals surface area contributed by atoms with E-state index in [0.29, 0.717) is 31.6 Å². The van der Waals surface area contributed by atoms with Crippen molar-refractivity contribution in [1.29, 1.82) is 0 Å². The van der Waals surface area contributed by atoms with E-state index in [0.717, 1.165) is 12.1 Å². The number of aryl methyl sites for hydroxylation is 2. The number of aliphatic carboxylic acids is 1. The first kappa shape index (κ1) is 12.7. The summed E-state index contributed by atoms with van der Waals surface area (Å²) in [4.78, 5) is 15.5. The smallest absolute Gasteiger partial charge is 0.311 e. The fraction of sp³-hybridized carbons (Fsp3) is 0.462. The maximum Gasteiger partial charge on any atom is 0.311 e. The number of hydrogen-bond acceptors (Lipinski definition) is 5. The largest absolute Gasteiger partial charge is 0.481 e. The van der Waals surface area contributed by atoms with E-state index in [1.807, 2.05) is 18.2 Å². The molecule has 3 rings (SSSR count). The number of aromatic nitrogens is 5. The summed E-state index contributed by atoms with van der Waals surface area (Å²) in [6.07, 6.45) is 4.53. The molecule has 1 saturated carbocycles. The topological polar surface area (TPSA) is 93.8 Å². The Labute approximate surface area is 115 Å². The normalized spacial score (nSPS) is 16.0. The van der Waals surface area contributed by atoms with Gasteiger partial charge >= 0.3 is 5.97 Å². The number of nitrogens with zero attached hydrogens (tertiary/aromatic N) is 5. The quantitative estimate of drug-likeness (QED) is 0.833. The summed E-state index contributed by atoms with van der Waals surface area (Å²) in [5.74, 6) is -0.0492. The van der Waals surface area contributed by atoms with Crippen molar-refractivity contribution in [2.45, 2.75) is 32.2 Å². The lowest BCUT2D eigenvalue weighted by Crippen LogP contribution is -2.23. The molecule has 2 heterocycles. The minimum atomic E-state index is -0.760. The number of tetrazole rings is 1. The zero-order valence-corrected chi connectivity index (χ0v) is 10.9. The SMILES string of the molecule is O=C(O)C1(Cn2nnnc2CCc2ccccn2)CC1. The van der Waals surface area contributed by atoms with Gasteiger partial charge in [-0.3, -0.25) is 9.78 Å². The molecule has 1 aliphatic rings. The predicted octanol–water partition coefficient (Wildman–Crippen LogP) is 0.718. The van der Waals surface area contributed by atoms with Crippen molar-refractivity contribution < 1.29 is 9.90 Å². The molecule has 0 unspecified atom stereocenters. The van der Waals surface area contributed by atoms with Crippen LogP contribution in [-0.2, 0) is 24.2 Å². The van der Waals surface area contributed by atoms with Gasteiger partial charge in [0.05, 0.1) is 12.0 Å². The second-order valence-electron chi connectivity index (χ2n) is 5.16. The fourth-order valence-electron chi connectivity index (χ4n) is 2.19. The molecule has 0 radical (unpaired) electrons. The number of carbonyl (C=O) groups is 1. The third-order valence-corrected chi connectivity index (χ3v) is 3.70. The van der Waals surface area contributed by atoms with Crippen molar-refractivity contribution in [3.05, 3.63) is 35.9 Å². The highest BCUT2D eigenvalue weighted by Gasteiger charge is 2.51. The molecule has 20 heavy (non-hydrogen) atoms. The zero-order chi connectivity index (χ0) is 14.0. The molecule has 0 bridgehead atoms. The summed E-state index contributed by atoms with van der Waals surface area (Å²) in [6.45, 7) is 0.354. The monoisotopic (exact) mass is 273 g/mol. The third-order valence-electron chi connectivity index (χ3n) is 3.70. The first-order valence-electron chi connectivity index (χ1n) is 6.58. The second kappa shape index (κ2) is 4.99. The van der Waals surface area contributed by atoms with Crippen molar-refractivity contribution in [1.82, 2.24) is 25.2 Å². The maximum atomic E-state index is 11.2. The van der Waals surface area contributed by atoms with Crippen LogP contribution in [0.4, 0.5) is 0 Å². The molecule has 7 nitrogen and oxygen atoms in total. The van der Waals surface area contributed by atoms with Gasteiger partial charge in [-0.25, -0.2) is 4.68 Å². The Morgan fingerprint density at radius 3 is 2.85 bits per heavy atom. The van der Waals surface area contributed by atoms with E-state index in [2.05, 4.69) is 20.5 Å². The number of hydrogen-bond donors (Lipinski definition) is 1. The molecule has 2 aromatic rings. The van der Waals surface area contributed by atoms with Gasteiger partial charge in [-0.1, -0.05) is 6.07 Å².